The lowest BCUT2D eigenvalue weighted by Crippen LogP contribution is -2.12. The predicted octanol–water partition coefficient (Wildman–Crippen LogP) is 2.38. The van der Waals surface area contributed by atoms with Crippen LogP contribution >= 0.6 is 0 Å². The molecule has 2 N–H and O–H groups in total. The molecule has 1 atom stereocenters. The first-order valence-corrected chi connectivity index (χ1v) is 5.57. The Kier molecular flexibility index (Phi) is 2.81. The maximum absolute atomic E-state index is 5.68. The molecule has 82 valence electrons. The third kappa shape index (κ3) is 1.92. The van der Waals surface area contributed by atoms with Crippen molar-refractivity contribution in [2.75, 3.05) is 13.7 Å². The van der Waals surface area contributed by atoms with Gasteiger partial charge in [-0.25, -0.2) is 0 Å². The number of nitrogens with two attached hydrogens (primary N) is 1. The molecule has 1 aromatic rings. The molecule has 0 saturated heterocycles. The van der Waals surface area contributed by atoms with Crippen molar-refractivity contribution < 1.29 is 4.74 Å². The highest BCUT2D eigenvalue weighted by molar-refractivity contribution is 5.33. The molecular weight excluding hydrogens is 186 g/mol. The number of hydrogen-bond acceptors (Lipinski definition) is 2. The van der Waals surface area contributed by atoms with Crippen molar-refractivity contribution in [3.05, 3.63) is 35.4 Å². The van der Waals surface area contributed by atoms with E-state index < -0.39 is 0 Å². The number of rotatable bonds is 4. The lowest BCUT2D eigenvalue weighted by Gasteiger charge is -2.16. The van der Waals surface area contributed by atoms with Gasteiger partial charge >= 0.3 is 0 Å². The molecule has 1 unspecified atom stereocenters. The summed E-state index contributed by atoms with van der Waals surface area (Å²) in [6, 6.07) is 8.65. The van der Waals surface area contributed by atoms with Crippen LogP contribution in [-0.2, 0) is 10.3 Å². The average Bonchev–Trinajstić information content (AvgIpc) is 3.09. The Morgan fingerprint density at radius 2 is 2.20 bits per heavy atom. The van der Waals surface area contributed by atoms with Crippen LogP contribution in [0.3, 0.4) is 0 Å². The highest BCUT2D eigenvalue weighted by Crippen LogP contribution is 2.48. The van der Waals surface area contributed by atoms with Crippen LogP contribution in [0, 0.1) is 0 Å². The predicted molar refractivity (Wildman–Crippen MR) is 61.8 cm³/mol. The summed E-state index contributed by atoms with van der Waals surface area (Å²) in [5, 5.41) is 0. The molecule has 2 rings (SSSR count). The molecule has 15 heavy (non-hydrogen) atoms. The minimum absolute atomic E-state index is 0.0182. The van der Waals surface area contributed by atoms with E-state index in [-0.39, 0.29) is 5.60 Å². The van der Waals surface area contributed by atoms with E-state index in [1.165, 1.54) is 11.1 Å². The van der Waals surface area contributed by atoms with E-state index in [2.05, 4.69) is 31.2 Å². The summed E-state index contributed by atoms with van der Waals surface area (Å²) in [6.45, 7) is 2.86. The summed E-state index contributed by atoms with van der Waals surface area (Å²) >= 11 is 0. The molecule has 0 heterocycles. The summed E-state index contributed by atoms with van der Waals surface area (Å²) < 4.78 is 5.57. The average molecular weight is 205 g/mol. The van der Waals surface area contributed by atoms with Gasteiger partial charge in [0, 0.05) is 7.11 Å². The van der Waals surface area contributed by atoms with E-state index in [9.17, 15) is 0 Å². The number of methoxy groups -OCH3 is 1. The van der Waals surface area contributed by atoms with Crippen molar-refractivity contribution in [1.29, 1.82) is 0 Å². The Labute approximate surface area is 91.4 Å². The van der Waals surface area contributed by atoms with E-state index in [1.54, 1.807) is 7.11 Å². The van der Waals surface area contributed by atoms with Crippen LogP contribution in [0.1, 0.15) is 36.8 Å². The molecule has 1 aromatic carbocycles. The van der Waals surface area contributed by atoms with Gasteiger partial charge in [0.25, 0.3) is 0 Å². The van der Waals surface area contributed by atoms with Crippen LogP contribution < -0.4 is 5.73 Å². The minimum Gasteiger partial charge on any atom is -0.374 e. The summed E-state index contributed by atoms with van der Waals surface area (Å²) in [5.74, 6) is 0.428. The van der Waals surface area contributed by atoms with E-state index in [1.807, 2.05) is 0 Å². The molecule has 1 aliphatic rings. The molecule has 1 saturated carbocycles. The van der Waals surface area contributed by atoms with E-state index in [0.29, 0.717) is 12.5 Å². The van der Waals surface area contributed by atoms with Crippen LogP contribution in [0.5, 0.6) is 0 Å². The SMILES string of the molecule is COC1(c2cccc(C(C)CN)c2)CC1. The fraction of sp³-hybridized carbons (Fsp3) is 0.538. The fourth-order valence-electron chi connectivity index (χ4n) is 1.99. The normalized spacial score (nSPS) is 19.9. The minimum atomic E-state index is 0.0182. The summed E-state index contributed by atoms with van der Waals surface area (Å²) in [5.41, 5.74) is 8.32. The van der Waals surface area contributed by atoms with Gasteiger partial charge in [-0.1, -0.05) is 31.2 Å². The molecule has 0 amide bonds. The molecular formula is C13H19NO. The number of ether oxygens (including phenoxy) is 1. The van der Waals surface area contributed by atoms with E-state index >= 15 is 0 Å². The number of benzene rings is 1. The molecule has 1 fully saturated rings. The summed E-state index contributed by atoms with van der Waals surface area (Å²) in [6.07, 6.45) is 2.29. The maximum Gasteiger partial charge on any atom is 0.0930 e. The summed E-state index contributed by atoms with van der Waals surface area (Å²) in [7, 11) is 1.80. The first kappa shape index (κ1) is 10.7. The second-order valence-electron chi connectivity index (χ2n) is 4.46. The smallest absolute Gasteiger partial charge is 0.0930 e. The van der Waals surface area contributed by atoms with Crippen molar-refractivity contribution in [1.82, 2.24) is 0 Å². The second kappa shape index (κ2) is 3.95. The molecule has 2 heteroatoms. The molecule has 0 aromatic heterocycles. The first-order valence-electron chi connectivity index (χ1n) is 5.57. The van der Waals surface area contributed by atoms with Crippen LogP contribution in [0.15, 0.2) is 24.3 Å². The maximum atomic E-state index is 5.68. The van der Waals surface area contributed by atoms with Gasteiger partial charge in [-0.05, 0) is 36.4 Å². The van der Waals surface area contributed by atoms with Crippen LogP contribution in [0.2, 0.25) is 0 Å². The second-order valence-corrected chi connectivity index (χ2v) is 4.46. The molecule has 2 nitrogen and oxygen atoms in total. The van der Waals surface area contributed by atoms with Gasteiger partial charge in [-0.2, -0.15) is 0 Å². The van der Waals surface area contributed by atoms with Gasteiger partial charge in [-0.3, -0.25) is 0 Å². The van der Waals surface area contributed by atoms with Gasteiger partial charge in [0.1, 0.15) is 0 Å². The lowest BCUT2D eigenvalue weighted by molar-refractivity contribution is 0.0788. The van der Waals surface area contributed by atoms with E-state index in [0.717, 1.165) is 12.8 Å². The zero-order chi connectivity index (χ0) is 10.9. The van der Waals surface area contributed by atoms with Gasteiger partial charge in [0.15, 0.2) is 0 Å². The highest BCUT2D eigenvalue weighted by atomic mass is 16.5. The zero-order valence-electron chi connectivity index (χ0n) is 9.49. The topological polar surface area (TPSA) is 35.2 Å². The van der Waals surface area contributed by atoms with Gasteiger partial charge < -0.3 is 10.5 Å². The standard InChI is InChI=1S/C13H19NO/c1-10(9-14)11-4-3-5-12(8-11)13(15-2)6-7-13/h3-5,8,10H,6-7,9,14H2,1-2H3. The van der Waals surface area contributed by atoms with Gasteiger partial charge in [0.05, 0.1) is 5.60 Å². The van der Waals surface area contributed by atoms with Crippen LogP contribution in [-0.4, -0.2) is 13.7 Å². The fourth-order valence-corrected chi connectivity index (χ4v) is 1.99. The highest BCUT2D eigenvalue weighted by Gasteiger charge is 2.44. The van der Waals surface area contributed by atoms with Crippen LogP contribution in [0.4, 0.5) is 0 Å². The molecule has 0 spiro atoms. The molecule has 0 aliphatic heterocycles. The Morgan fingerprint density at radius 1 is 1.47 bits per heavy atom. The van der Waals surface area contributed by atoms with Crippen molar-refractivity contribution in [2.45, 2.75) is 31.3 Å². The third-order valence-electron chi connectivity index (χ3n) is 3.43. The van der Waals surface area contributed by atoms with Crippen molar-refractivity contribution in [3.8, 4) is 0 Å². The Balaban J connectivity index is 2.27. The quantitative estimate of drug-likeness (QED) is 0.819. The monoisotopic (exact) mass is 205 g/mol. The Bertz CT molecular complexity index is 344. The largest absolute Gasteiger partial charge is 0.374 e. The molecule has 1 aliphatic carbocycles. The summed E-state index contributed by atoms with van der Waals surface area (Å²) in [4.78, 5) is 0. The van der Waals surface area contributed by atoms with Gasteiger partial charge in [0.2, 0.25) is 0 Å². The van der Waals surface area contributed by atoms with Crippen molar-refractivity contribution >= 4 is 0 Å². The molecule has 0 radical (unpaired) electrons. The van der Waals surface area contributed by atoms with Gasteiger partial charge in [-0.15, -0.1) is 0 Å². The van der Waals surface area contributed by atoms with Crippen molar-refractivity contribution in [2.24, 2.45) is 5.73 Å². The lowest BCUT2D eigenvalue weighted by atomic mass is 9.96. The Hall–Kier alpha value is -0.860. The Morgan fingerprint density at radius 3 is 2.73 bits per heavy atom. The van der Waals surface area contributed by atoms with E-state index in [4.69, 9.17) is 10.5 Å². The molecule has 0 bridgehead atoms. The third-order valence-corrected chi connectivity index (χ3v) is 3.43. The van der Waals surface area contributed by atoms with Crippen LogP contribution in [0.25, 0.3) is 0 Å². The first-order chi connectivity index (χ1) is 7.22. The van der Waals surface area contributed by atoms with Crippen molar-refractivity contribution in [3.63, 3.8) is 0 Å². The zero-order valence-corrected chi connectivity index (χ0v) is 9.49. The number of hydrogen-bond donors (Lipinski definition) is 1.